The van der Waals surface area contributed by atoms with Crippen LogP contribution in [0.25, 0.3) is 0 Å². The highest BCUT2D eigenvalue weighted by Gasteiger charge is 2.21. The molecule has 2 amide bonds. The molecule has 148 valence electrons. The summed E-state index contributed by atoms with van der Waals surface area (Å²) in [6.07, 6.45) is -0.989. The molecule has 0 aliphatic carbocycles. The molecule has 7 nitrogen and oxygen atoms in total. The molecule has 2 rings (SSSR count). The van der Waals surface area contributed by atoms with Crippen molar-refractivity contribution in [2.24, 2.45) is 5.73 Å². The molecule has 28 heavy (non-hydrogen) atoms. The molecule has 2 aromatic rings. The van der Waals surface area contributed by atoms with Gasteiger partial charge in [0.2, 0.25) is 5.91 Å². The van der Waals surface area contributed by atoms with Crippen LogP contribution in [0.5, 0.6) is 5.75 Å². The molecule has 2 aromatic carbocycles. The van der Waals surface area contributed by atoms with E-state index in [0.29, 0.717) is 10.6 Å². The fourth-order valence-electron chi connectivity index (χ4n) is 2.36. The van der Waals surface area contributed by atoms with Crippen molar-refractivity contribution in [2.45, 2.75) is 24.5 Å². The lowest BCUT2D eigenvalue weighted by Gasteiger charge is -2.15. The second-order valence-electron chi connectivity index (χ2n) is 5.83. The van der Waals surface area contributed by atoms with E-state index in [1.54, 1.807) is 37.4 Å². The number of hydrogen-bond acceptors (Lipinski definition) is 6. The first kappa shape index (κ1) is 21.3. The molecule has 0 aliphatic rings. The normalized spacial score (nSPS) is 11.4. The van der Waals surface area contributed by atoms with E-state index < -0.39 is 23.9 Å². The Hall–Kier alpha value is -3.00. The van der Waals surface area contributed by atoms with Gasteiger partial charge in [-0.3, -0.25) is 9.59 Å². The summed E-state index contributed by atoms with van der Waals surface area (Å²) in [5, 5.41) is 2.72. The highest BCUT2D eigenvalue weighted by Crippen LogP contribution is 2.23. The Morgan fingerprint density at radius 1 is 1.11 bits per heavy atom. The van der Waals surface area contributed by atoms with Gasteiger partial charge in [-0.05, 0) is 25.1 Å². The summed E-state index contributed by atoms with van der Waals surface area (Å²) in [6.45, 7) is 1.74. The van der Waals surface area contributed by atoms with Gasteiger partial charge in [-0.2, -0.15) is 0 Å². The molecular formula is C20H22N2O5S. The molecule has 0 radical (unpaired) electrons. The molecule has 1 atom stereocenters. The number of carbonyl (C=O) groups excluding carboxylic acids is 3. The number of rotatable bonds is 9. The van der Waals surface area contributed by atoms with Crippen molar-refractivity contribution < 1.29 is 23.9 Å². The van der Waals surface area contributed by atoms with E-state index in [1.807, 2.05) is 18.2 Å². The van der Waals surface area contributed by atoms with Gasteiger partial charge in [-0.1, -0.05) is 30.3 Å². The molecule has 0 spiro atoms. The number of methoxy groups -OCH3 is 1. The first-order chi connectivity index (χ1) is 13.4. The van der Waals surface area contributed by atoms with E-state index in [0.717, 1.165) is 17.3 Å². The number of ether oxygens (including phenoxy) is 2. The number of carbonyl (C=O) groups is 3. The van der Waals surface area contributed by atoms with Crippen LogP contribution in [-0.4, -0.2) is 36.8 Å². The van der Waals surface area contributed by atoms with Gasteiger partial charge in [0, 0.05) is 17.0 Å². The Bertz CT molecular complexity index is 856. The molecule has 0 saturated carbocycles. The zero-order valence-corrected chi connectivity index (χ0v) is 16.5. The summed E-state index contributed by atoms with van der Waals surface area (Å²) >= 11 is 1.14. The number of amides is 2. The van der Waals surface area contributed by atoms with E-state index >= 15 is 0 Å². The lowest BCUT2D eigenvalue weighted by atomic mass is 10.2. The van der Waals surface area contributed by atoms with Crippen molar-refractivity contribution >= 4 is 29.5 Å². The zero-order chi connectivity index (χ0) is 20.5. The van der Waals surface area contributed by atoms with Crippen molar-refractivity contribution in [2.75, 3.05) is 12.9 Å². The molecule has 0 saturated heterocycles. The summed E-state index contributed by atoms with van der Waals surface area (Å²) in [7, 11) is 1.55. The van der Waals surface area contributed by atoms with Gasteiger partial charge in [-0.15, -0.1) is 11.8 Å². The smallest absolute Gasteiger partial charge is 0.340 e. The fraction of sp³-hybridized carbons (Fsp3) is 0.250. The summed E-state index contributed by atoms with van der Waals surface area (Å²) in [6, 6.07) is 14.0. The van der Waals surface area contributed by atoms with Crippen LogP contribution < -0.4 is 15.8 Å². The number of para-hydroxylation sites is 1. The van der Waals surface area contributed by atoms with Crippen molar-refractivity contribution in [3.05, 3.63) is 59.7 Å². The minimum Gasteiger partial charge on any atom is -0.496 e. The van der Waals surface area contributed by atoms with Crippen LogP contribution in [0.2, 0.25) is 0 Å². The average molecular weight is 402 g/mol. The summed E-state index contributed by atoms with van der Waals surface area (Å²) < 4.78 is 10.5. The van der Waals surface area contributed by atoms with Crippen LogP contribution in [0.3, 0.4) is 0 Å². The van der Waals surface area contributed by atoms with Gasteiger partial charge in [0.15, 0.2) is 6.10 Å². The molecule has 8 heteroatoms. The Morgan fingerprint density at radius 2 is 1.79 bits per heavy atom. The zero-order valence-electron chi connectivity index (χ0n) is 15.6. The molecule has 0 unspecified atom stereocenters. The van der Waals surface area contributed by atoms with Crippen LogP contribution >= 0.6 is 11.8 Å². The third-order valence-corrected chi connectivity index (χ3v) is 4.87. The van der Waals surface area contributed by atoms with Crippen molar-refractivity contribution in [3.63, 3.8) is 0 Å². The van der Waals surface area contributed by atoms with Gasteiger partial charge in [0.25, 0.3) is 5.91 Å². The standard InChI is InChI=1S/C20H22N2O5S/c1-13(19(24)22-11-14-7-3-5-9-16(14)26-2)27-20(25)15-8-4-6-10-17(15)28-12-18(21)23/h3-10,13H,11-12H2,1-2H3,(H2,21,23)(H,22,24)/t13-/m1/s1. The predicted molar refractivity (Wildman–Crippen MR) is 106 cm³/mol. The third kappa shape index (κ3) is 6.02. The molecule has 0 aliphatic heterocycles. The average Bonchev–Trinajstić information content (AvgIpc) is 2.70. The largest absolute Gasteiger partial charge is 0.496 e. The summed E-state index contributed by atoms with van der Waals surface area (Å²) in [4.78, 5) is 36.3. The molecule has 0 fully saturated rings. The third-order valence-electron chi connectivity index (χ3n) is 3.78. The molecule has 0 heterocycles. The van der Waals surface area contributed by atoms with Crippen molar-refractivity contribution in [3.8, 4) is 5.75 Å². The van der Waals surface area contributed by atoms with E-state index in [4.69, 9.17) is 15.2 Å². The van der Waals surface area contributed by atoms with Gasteiger partial charge in [0.1, 0.15) is 5.75 Å². The van der Waals surface area contributed by atoms with Gasteiger partial charge < -0.3 is 20.5 Å². The minimum atomic E-state index is -0.989. The SMILES string of the molecule is COc1ccccc1CNC(=O)[C@@H](C)OC(=O)c1ccccc1SCC(N)=O. The Kier molecular flexibility index (Phi) is 7.88. The monoisotopic (exact) mass is 402 g/mol. The maximum Gasteiger partial charge on any atom is 0.340 e. The van der Waals surface area contributed by atoms with E-state index in [-0.39, 0.29) is 17.9 Å². The van der Waals surface area contributed by atoms with Gasteiger partial charge in [-0.25, -0.2) is 4.79 Å². The van der Waals surface area contributed by atoms with Crippen molar-refractivity contribution in [1.29, 1.82) is 0 Å². The number of benzene rings is 2. The van der Waals surface area contributed by atoms with E-state index in [2.05, 4.69) is 5.32 Å². The highest BCUT2D eigenvalue weighted by atomic mass is 32.2. The van der Waals surface area contributed by atoms with E-state index in [1.165, 1.54) is 6.92 Å². The molecule has 3 N–H and O–H groups in total. The Balaban J connectivity index is 1.96. The number of nitrogens with one attached hydrogen (secondary N) is 1. The number of nitrogens with two attached hydrogens (primary N) is 1. The van der Waals surface area contributed by atoms with Gasteiger partial charge in [0.05, 0.1) is 18.4 Å². The minimum absolute atomic E-state index is 0.0409. The van der Waals surface area contributed by atoms with Crippen LogP contribution in [0.1, 0.15) is 22.8 Å². The number of thioether (sulfide) groups is 1. The van der Waals surface area contributed by atoms with Crippen molar-refractivity contribution in [1.82, 2.24) is 5.32 Å². The molecule has 0 aromatic heterocycles. The van der Waals surface area contributed by atoms with Crippen LogP contribution in [0, 0.1) is 0 Å². The number of primary amides is 1. The lowest BCUT2D eigenvalue weighted by Crippen LogP contribution is -2.35. The highest BCUT2D eigenvalue weighted by molar-refractivity contribution is 8.00. The predicted octanol–water partition coefficient (Wildman–Crippen LogP) is 2.13. The fourth-order valence-corrected chi connectivity index (χ4v) is 3.14. The molecular weight excluding hydrogens is 380 g/mol. The Morgan fingerprint density at radius 3 is 2.50 bits per heavy atom. The Labute approximate surface area is 167 Å². The molecule has 0 bridgehead atoms. The summed E-state index contributed by atoms with van der Waals surface area (Å²) in [5.74, 6) is -0.863. The lowest BCUT2D eigenvalue weighted by molar-refractivity contribution is -0.129. The van der Waals surface area contributed by atoms with Crippen LogP contribution in [-0.2, 0) is 20.9 Å². The number of hydrogen-bond donors (Lipinski definition) is 2. The van der Waals surface area contributed by atoms with Gasteiger partial charge >= 0.3 is 5.97 Å². The first-order valence-electron chi connectivity index (χ1n) is 8.53. The number of esters is 1. The van der Waals surface area contributed by atoms with E-state index in [9.17, 15) is 14.4 Å². The second kappa shape index (κ2) is 10.4. The van der Waals surface area contributed by atoms with Crippen LogP contribution in [0.4, 0.5) is 0 Å². The maximum atomic E-state index is 12.4. The quantitative estimate of drug-likeness (QED) is 0.491. The maximum absolute atomic E-state index is 12.4. The second-order valence-corrected chi connectivity index (χ2v) is 6.85. The first-order valence-corrected chi connectivity index (χ1v) is 9.51. The topological polar surface area (TPSA) is 108 Å². The van der Waals surface area contributed by atoms with Crippen LogP contribution in [0.15, 0.2) is 53.4 Å². The summed E-state index contributed by atoms with van der Waals surface area (Å²) in [5.41, 5.74) is 6.24.